The standard InChI is InChI=1S/C6H11FN2O2/c7-4-3-9(6(10)11)2-1-5(4)8/h4-5H,1-3,8H2,(H,10,11)/t4-,5?/m0/s1. The van der Waals surface area contributed by atoms with E-state index in [1.54, 1.807) is 0 Å². The highest BCUT2D eigenvalue weighted by Crippen LogP contribution is 2.11. The maximum absolute atomic E-state index is 12.8. The molecule has 1 aliphatic heterocycles. The van der Waals surface area contributed by atoms with Gasteiger partial charge >= 0.3 is 6.09 Å². The molecule has 2 atom stereocenters. The van der Waals surface area contributed by atoms with Gasteiger partial charge in [0.05, 0.1) is 6.54 Å². The summed E-state index contributed by atoms with van der Waals surface area (Å²) in [5.41, 5.74) is 5.35. The molecule has 0 saturated carbocycles. The van der Waals surface area contributed by atoms with Gasteiger partial charge in [-0.1, -0.05) is 0 Å². The molecule has 0 bridgehead atoms. The molecule has 1 fully saturated rings. The third-order valence-corrected chi connectivity index (χ3v) is 1.86. The summed E-state index contributed by atoms with van der Waals surface area (Å²) in [6, 6.07) is -0.495. The van der Waals surface area contributed by atoms with E-state index in [4.69, 9.17) is 10.8 Å². The highest BCUT2D eigenvalue weighted by molar-refractivity contribution is 5.65. The van der Waals surface area contributed by atoms with Gasteiger partial charge in [0.15, 0.2) is 0 Å². The van der Waals surface area contributed by atoms with E-state index in [1.165, 1.54) is 0 Å². The van der Waals surface area contributed by atoms with Gasteiger partial charge in [-0.3, -0.25) is 0 Å². The fraction of sp³-hybridized carbons (Fsp3) is 0.833. The van der Waals surface area contributed by atoms with Gasteiger partial charge in [0.25, 0.3) is 0 Å². The summed E-state index contributed by atoms with van der Waals surface area (Å²) >= 11 is 0. The van der Waals surface area contributed by atoms with E-state index in [0.29, 0.717) is 13.0 Å². The molecule has 3 N–H and O–H groups in total. The van der Waals surface area contributed by atoms with E-state index in [9.17, 15) is 9.18 Å². The van der Waals surface area contributed by atoms with Crippen molar-refractivity contribution in [2.75, 3.05) is 13.1 Å². The molecule has 11 heavy (non-hydrogen) atoms. The van der Waals surface area contributed by atoms with Crippen molar-refractivity contribution in [1.29, 1.82) is 0 Å². The number of nitrogens with zero attached hydrogens (tertiary/aromatic N) is 1. The monoisotopic (exact) mass is 162 g/mol. The lowest BCUT2D eigenvalue weighted by Crippen LogP contribution is -2.50. The SMILES string of the molecule is NC1CCN(C(=O)O)C[C@@H]1F. The lowest BCUT2D eigenvalue weighted by molar-refractivity contribution is 0.0976. The van der Waals surface area contributed by atoms with Gasteiger partial charge in [-0.25, -0.2) is 9.18 Å². The van der Waals surface area contributed by atoms with Crippen molar-refractivity contribution in [2.24, 2.45) is 5.73 Å². The average molecular weight is 162 g/mol. The summed E-state index contributed by atoms with van der Waals surface area (Å²) in [5, 5.41) is 8.46. The van der Waals surface area contributed by atoms with Crippen LogP contribution in [0.2, 0.25) is 0 Å². The minimum Gasteiger partial charge on any atom is -0.465 e. The topological polar surface area (TPSA) is 66.6 Å². The van der Waals surface area contributed by atoms with Crippen LogP contribution < -0.4 is 5.73 Å². The molecular formula is C6H11FN2O2. The Morgan fingerprint density at radius 2 is 2.36 bits per heavy atom. The van der Waals surface area contributed by atoms with Crippen LogP contribution in [0.15, 0.2) is 0 Å². The number of likely N-dealkylation sites (tertiary alicyclic amines) is 1. The van der Waals surface area contributed by atoms with Crippen molar-refractivity contribution in [3.8, 4) is 0 Å². The van der Waals surface area contributed by atoms with Crippen LogP contribution in [0, 0.1) is 0 Å². The minimum atomic E-state index is -1.21. The Hall–Kier alpha value is -0.840. The molecule has 1 rings (SSSR count). The quantitative estimate of drug-likeness (QED) is 0.528. The molecule has 5 heteroatoms. The summed E-state index contributed by atoms with van der Waals surface area (Å²) in [6.07, 6.45) is -1.87. The molecule has 1 aliphatic rings. The van der Waals surface area contributed by atoms with Crippen molar-refractivity contribution in [1.82, 2.24) is 4.90 Å². The third-order valence-electron chi connectivity index (χ3n) is 1.86. The molecule has 4 nitrogen and oxygen atoms in total. The Balaban J connectivity index is 2.46. The van der Waals surface area contributed by atoms with E-state index in [-0.39, 0.29) is 6.54 Å². The number of piperidine rings is 1. The van der Waals surface area contributed by atoms with Crippen LogP contribution in [-0.4, -0.2) is 41.4 Å². The summed E-state index contributed by atoms with van der Waals surface area (Å²) in [6.45, 7) is 0.257. The first-order valence-electron chi connectivity index (χ1n) is 3.49. The van der Waals surface area contributed by atoms with E-state index >= 15 is 0 Å². The number of carbonyl (C=O) groups is 1. The largest absolute Gasteiger partial charge is 0.465 e. The smallest absolute Gasteiger partial charge is 0.407 e. The van der Waals surface area contributed by atoms with Crippen LogP contribution in [-0.2, 0) is 0 Å². The fourth-order valence-corrected chi connectivity index (χ4v) is 1.10. The third kappa shape index (κ3) is 1.80. The highest BCUT2D eigenvalue weighted by Gasteiger charge is 2.28. The molecular weight excluding hydrogens is 151 g/mol. The van der Waals surface area contributed by atoms with Crippen LogP contribution in [0.5, 0.6) is 0 Å². The molecule has 1 saturated heterocycles. The lowest BCUT2D eigenvalue weighted by atomic mass is 10.1. The number of carboxylic acid groups (broad SMARTS) is 1. The minimum absolute atomic E-state index is 0.0868. The van der Waals surface area contributed by atoms with E-state index in [1.807, 2.05) is 0 Å². The Labute approximate surface area is 63.8 Å². The number of halogens is 1. The van der Waals surface area contributed by atoms with Crippen molar-refractivity contribution >= 4 is 6.09 Å². The summed E-state index contributed by atoms with van der Waals surface area (Å²) in [5.74, 6) is 0. The number of rotatable bonds is 0. The summed E-state index contributed by atoms with van der Waals surface area (Å²) < 4.78 is 12.8. The second-order valence-corrected chi connectivity index (χ2v) is 2.70. The number of hydrogen-bond donors (Lipinski definition) is 2. The molecule has 0 aromatic rings. The second-order valence-electron chi connectivity index (χ2n) is 2.70. The molecule has 1 unspecified atom stereocenters. The molecule has 0 aliphatic carbocycles. The summed E-state index contributed by atoms with van der Waals surface area (Å²) in [4.78, 5) is 11.4. The zero-order valence-electron chi connectivity index (χ0n) is 6.03. The first-order valence-corrected chi connectivity index (χ1v) is 3.49. The van der Waals surface area contributed by atoms with Crippen molar-refractivity contribution in [3.63, 3.8) is 0 Å². The number of alkyl halides is 1. The zero-order valence-corrected chi connectivity index (χ0v) is 6.03. The van der Waals surface area contributed by atoms with Gasteiger partial charge in [0.2, 0.25) is 0 Å². The molecule has 0 aromatic carbocycles. The maximum Gasteiger partial charge on any atom is 0.407 e. The van der Waals surface area contributed by atoms with Crippen molar-refractivity contribution < 1.29 is 14.3 Å². The number of hydrogen-bond acceptors (Lipinski definition) is 2. The first kappa shape index (κ1) is 8.26. The predicted molar refractivity (Wildman–Crippen MR) is 37.1 cm³/mol. The number of nitrogens with two attached hydrogens (primary N) is 1. The molecule has 0 aromatic heterocycles. The molecule has 1 amide bonds. The van der Waals surface area contributed by atoms with Crippen LogP contribution >= 0.6 is 0 Å². The Morgan fingerprint density at radius 3 is 2.82 bits per heavy atom. The van der Waals surface area contributed by atoms with Gasteiger partial charge in [-0.05, 0) is 6.42 Å². The van der Waals surface area contributed by atoms with Gasteiger partial charge in [0.1, 0.15) is 6.17 Å². The van der Waals surface area contributed by atoms with Crippen LogP contribution in [0.1, 0.15) is 6.42 Å². The summed E-state index contributed by atoms with van der Waals surface area (Å²) in [7, 11) is 0. The van der Waals surface area contributed by atoms with E-state index < -0.39 is 18.3 Å². The molecule has 0 spiro atoms. The van der Waals surface area contributed by atoms with Crippen LogP contribution in [0.4, 0.5) is 9.18 Å². The molecule has 64 valence electrons. The lowest BCUT2D eigenvalue weighted by Gasteiger charge is -2.30. The van der Waals surface area contributed by atoms with Gasteiger partial charge < -0.3 is 15.7 Å². The first-order chi connectivity index (χ1) is 5.11. The van der Waals surface area contributed by atoms with Crippen LogP contribution in [0.25, 0.3) is 0 Å². The average Bonchev–Trinajstić information content (AvgIpc) is 1.94. The normalized spacial score (nSPS) is 32.0. The molecule has 1 heterocycles. The number of amides is 1. The Kier molecular flexibility index (Phi) is 2.28. The van der Waals surface area contributed by atoms with Gasteiger partial charge in [0, 0.05) is 12.6 Å². The fourth-order valence-electron chi connectivity index (χ4n) is 1.10. The highest BCUT2D eigenvalue weighted by atomic mass is 19.1. The second kappa shape index (κ2) is 3.04. The van der Waals surface area contributed by atoms with Crippen molar-refractivity contribution in [3.05, 3.63) is 0 Å². The molecule has 0 radical (unpaired) electrons. The Bertz CT molecular complexity index is 165. The zero-order chi connectivity index (χ0) is 8.43. The predicted octanol–water partition coefficient (Wildman–Crippen LogP) is 0.0355. The Morgan fingerprint density at radius 1 is 1.73 bits per heavy atom. The van der Waals surface area contributed by atoms with Crippen LogP contribution in [0.3, 0.4) is 0 Å². The van der Waals surface area contributed by atoms with Gasteiger partial charge in [-0.2, -0.15) is 0 Å². The van der Waals surface area contributed by atoms with E-state index in [2.05, 4.69) is 0 Å². The maximum atomic E-state index is 12.8. The van der Waals surface area contributed by atoms with Crippen molar-refractivity contribution in [2.45, 2.75) is 18.6 Å². The van der Waals surface area contributed by atoms with Gasteiger partial charge in [-0.15, -0.1) is 0 Å². The van der Waals surface area contributed by atoms with E-state index in [0.717, 1.165) is 4.90 Å².